The number of nitrogens with two attached hydrogens (primary N) is 1. The second-order valence-corrected chi connectivity index (χ2v) is 9.88. The van der Waals surface area contributed by atoms with Gasteiger partial charge in [-0.2, -0.15) is 26.3 Å². The molecule has 5 rings (SSSR count). The van der Waals surface area contributed by atoms with E-state index in [1.54, 1.807) is 30.5 Å². The van der Waals surface area contributed by atoms with E-state index in [4.69, 9.17) is 5.73 Å². The van der Waals surface area contributed by atoms with Crippen LogP contribution in [0.3, 0.4) is 0 Å². The number of alkyl halides is 6. The number of carbonyl (C=O) groups is 2. The average molecular weight is 575 g/mol. The Hall–Kier alpha value is -4.48. The molecule has 3 N–H and O–H groups in total. The number of halogens is 6. The van der Waals surface area contributed by atoms with Gasteiger partial charge in [-0.05, 0) is 60.5 Å². The lowest BCUT2D eigenvalue weighted by atomic mass is 9.98. The van der Waals surface area contributed by atoms with Crippen molar-refractivity contribution in [2.75, 3.05) is 25.4 Å². The van der Waals surface area contributed by atoms with E-state index < -0.39 is 41.0 Å². The highest BCUT2D eigenvalue weighted by Crippen LogP contribution is 2.37. The van der Waals surface area contributed by atoms with Crippen LogP contribution in [-0.4, -0.2) is 52.3 Å². The van der Waals surface area contributed by atoms with Crippen molar-refractivity contribution in [2.24, 2.45) is 0 Å². The average Bonchev–Trinajstić information content (AvgIpc) is 3.34. The molecule has 1 saturated heterocycles. The van der Waals surface area contributed by atoms with Gasteiger partial charge in [0, 0.05) is 53.5 Å². The number of para-hydroxylation sites is 1. The Labute approximate surface area is 230 Å². The standard InChI is InChI=1S/C29H24F6N4O2/c30-28(31,32)20-11-18(12-21(14-20)29(33,34)35)27(41)39-10-9-38(26(40)17-5-7-22(36)8-6-17)16-23(39)13-19-15-37-25-4-2-1-3-24(19)25/h1-8,11-12,14-15,23,37H,9-10,13,16,36H2/t23-/m1/s1. The fraction of sp³-hybridized carbons (Fsp3) is 0.241. The van der Waals surface area contributed by atoms with Crippen LogP contribution >= 0.6 is 0 Å². The molecule has 3 aromatic carbocycles. The lowest BCUT2D eigenvalue weighted by Gasteiger charge is -2.41. The number of rotatable bonds is 4. The van der Waals surface area contributed by atoms with E-state index in [2.05, 4.69) is 4.98 Å². The highest BCUT2D eigenvalue weighted by molar-refractivity contribution is 5.97. The van der Waals surface area contributed by atoms with Crippen molar-refractivity contribution in [3.63, 3.8) is 0 Å². The van der Waals surface area contributed by atoms with Gasteiger partial charge in [-0.3, -0.25) is 9.59 Å². The molecule has 0 aliphatic carbocycles. The minimum atomic E-state index is -5.09. The first-order valence-corrected chi connectivity index (χ1v) is 12.6. The first kappa shape index (κ1) is 28.1. The Balaban J connectivity index is 1.51. The summed E-state index contributed by atoms with van der Waals surface area (Å²) < 4.78 is 81.0. The molecule has 0 bridgehead atoms. The first-order chi connectivity index (χ1) is 19.3. The minimum Gasteiger partial charge on any atom is -0.399 e. The van der Waals surface area contributed by atoms with Crippen molar-refractivity contribution < 1.29 is 35.9 Å². The number of aromatic nitrogens is 1. The van der Waals surface area contributed by atoms with E-state index >= 15 is 0 Å². The van der Waals surface area contributed by atoms with Crippen molar-refractivity contribution >= 4 is 28.4 Å². The summed E-state index contributed by atoms with van der Waals surface area (Å²) in [5.41, 5.74) is 4.28. The summed E-state index contributed by atoms with van der Waals surface area (Å²) in [6.07, 6.45) is -8.25. The largest absolute Gasteiger partial charge is 0.416 e. The molecule has 0 radical (unpaired) electrons. The summed E-state index contributed by atoms with van der Waals surface area (Å²) in [6, 6.07) is 13.7. The number of nitrogen functional groups attached to an aromatic ring is 1. The minimum absolute atomic E-state index is 0.0105. The molecular formula is C29H24F6N4O2. The fourth-order valence-corrected chi connectivity index (χ4v) is 5.09. The normalized spacial score (nSPS) is 16.3. The molecule has 2 amide bonds. The van der Waals surface area contributed by atoms with Gasteiger partial charge < -0.3 is 20.5 Å². The van der Waals surface area contributed by atoms with Crippen molar-refractivity contribution in [3.8, 4) is 0 Å². The molecule has 2 heterocycles. The maximum Gasteiger partial charge on any atom is 0.416 e. The van der Waals surface area contributed by atoms with E-state index in [9.17, 15) is 35.9 Å². The predicted octanol–water partition coefficient (Wildman–Crippen LogP) is 6.00. The Bertz CT molecular complexity index is 1560. The van der Waals surface area contributed by atoms with Gasteiger partial charge in [-0.15, -0.1) is 0 Å². The van der Waals surface area contributed by atoms with Crippen LogP contribution in [0.5, 0.6) is 0 Å². The van der Waals surface area contributed by atoms with Crippen molar-refractivity contribution in [2.45, 2.75) is 24.8 Å². The molecule has 1 fully saturated rings. The zero-order valence-corrected chi connectivity index (χ0v) is 21.4. The van der Waals surface area contributed by atoms with Crippen molar-refractivity contribution in [1.82, 2.24) is 14.8 Å². The van der Waals surface area contributed by atoms with E-state index in [1.165, 1.54) is 9.80 Å². The summed E-state index contributed by atoms with van der Waals surface area (Å²) in [5, 5.41) is 0.848. The number of benzene rings is 3. The van der Waals surface area contributed by atoms with Crippen molar-refractivity contribution in [3.05, 3.63) is 101 Å². The molecule has 1 aliphatic heterocycles. The van der Waals surface area contributed by atoms with Gasteiger partial charge in [0.05, 0.1) is 17.2 Å². The van der Waals surface area contributed by atoms with Crippen LogP contribution in [0.4, 0.5) is 32.0 Å². The molecule has 1 aliphatic rings. The second-order valence-electron chi connectivity index (χ2n) is 9.88. The number of anilines is 1. The Morgan fingerprint density at radius 2 is 1.46 bits per heavy atom. The number of amides is 2. The van der Waals surface area contributed by atoms with E-state index in [0.29, 0.717) is 23.4 Å². The van der Waals surface area contributed by atoms with Crippen LogP contribution in [0.1, 0.15) is 37.4 Å². The summed E-state index contributed by atoms with van der Waals surface area (Å²) in [7, 11) is 0. The Morgan fingerprint density at radius 3 is 2.10 bits per heavy atom. The van der Waals surface area contributed by atoms with Gasteiger partial charge in [0.1, 0.15) is 0 Å². The maximum absolute atomic E-state index is 13.6. The van der Waals surface area contributed by atoms with Crippen molar-refractivity contribution in [1.29, 1.82) is 0 Å². The monoisotopic (exact) mass is 574 g/mol. The molecule has 0 saturated carbocycles. The van der Waals surface area contributed by atoms with Gasteiger partial charge in [-0.25, -0.2) is 0 Å². The van der Waals surface area contributed by atoms with E-state index in [1.807, 2.05) is 24.3 Å². The number of aromatic amines is 1. The van der Waals surface area contributed by atoms with E-state index in [-0.39, 0.29) is 38.0 Å². The van der Waals surface area contributed by atoms with Gasteiger partial charge in [0.15, 0.2) is 0 Å². The smallest absolute Gasteiger partial charge is 0.399 e. The zero-order valence-electron chi connectivity index (χ0n) is 21.4. The summed E-state index contributed by atoms with van der Waals surface area (Å²) in [5.74, 6) is -1.31. The lowest BCUT2D eigenvalue weighted by molar-refractivity contribution is -0.143. The molecule has 4 aromatic rings. The van der Waals surface area contributed by atoms with Crippen LogP contribution in [0.2, 0.25) is 0 Å². The van der Waals surface area contributed by atoms with Crippen LogP contribution in [-0.2, 0) is 18.8 Å². The molecule has 41 heavy (non-hydrogen) atoms. The van der Waals surface area contributed by atoms with Gasteiger partial charge in [0.25, 0.3) is 11.8 Å². The number of fused-ring (bicyclic) bond motifs is 1. The molecule has 214 valence electrons. The summed E-state index contributed by atoms with van der Waals surface area (Å²) in [4.78, 5) is 32.8. The molecule has 0 spiro atoms. The lowest BCUT2D eigenvalue weighted by Crippen LogP contribution is -2.57. The molecule has 1 atom stereocenters. The van der Waals surface area contributed by atoms with Gasteiger partial charge in [0.2, 0.25) is 0 Å². The predicted molar refractivity (Wildman–Crippen MR) is 140 cm³/mol. The summed E-state index contributed by atoms with van der Waals surface area (Å²) in [6.45, 7) is -0.0475. The topological polar surface area (TPSA) is 82.4 Å². The van der Waals surface area contributed by atoms with Crippen LogP contribution in [0.15, 0.2) is 72.9 Å². The Kier molecular flexibility index (Phi) is 7.18. The fourth-order valence-electron chi connectivity index (χ4n) is 5.09. The highest BCUT2D eigenvalue weighted by atomic mass is 19.4. The number of nitrogens with one attached hydrogen (secondary N) is 1. The molecule has 1 aromatic heterocycles. The third kappa shape index (κ3) is 5.86. The van der Waals surface area contributed by atoms with E-state index in [0.717, 1.165) is 16.5 Å². The zero-order chi connectivity index (χ0) is 29.5. The van der Waals surface area contributed by atoms with Crippen LogP contribution < -0.4 is 5.73 Å². The molecule has 0 unspecified atom stereocenters. The first-order valence-electron chi connectivity index (χ1n) is 12.6. The third-order valence-electron chi connectivity index (χ3n) is 7.15. The van der Waals surface area contributed by atoms with Crippen LogP contribution in [0.25, 0.3) is 10.9 Å². The number of nitrogens with zero attached hydrogens (tertiary/aromatic N) is 2. The highest BCUT2D eigenvalue weighted by Gasteiger charge is 2.39. The maximum atomic E-state index is 13.6. The summed E-state index contributed by atoms with van der Waals surface area (Å²) >= 11 is 0. The van der Waals surface area contributed by atoms with Gasteiger partial charge in [-0.1, -0.05) is 18.2 Å². The third-order valence-corrected chi connectivity index (χ3v) is 7.15. The number of H-pyrrole nitrogens is 1. The quantitative estimate of drug-likeness (QED) is 0.232. The molecule has 6 nitrogen and oxygen atoms in total. The second kappa shape index (κ2) is 10.5. The number of piperazine rings is 1. The van der Waals surface area contributed by atoms with Crippen LogP contribution in [0, 0.1) is 0 Å². The van der Waals surface area contributed by atoms with Gasteiger partial charge >= 0.3 is 12.4 Å². The number of hydrogen-bond donors (Lipinski definition) is 2. The SMILES string of the molecule is Nc1ccc(C(=O)N2CCN(C(=O)c3cc(C(F)(F)F)cc(C(F)(F)F)c3)[C@H](Cc3c[nH]c4ccccc34)C2)cc1. The number of carbonyl (C=O) groups excluding carboxylic acids is 2. The molecular weight excluding hydrogens is 550 g/mol. The number of hydrogen-bond acceptors (Lipinski definition) is 3. The Morgan fingerprint density at radius 1 is 0.829 bits per heavy atom. The molecule has 12 heteroatoms.